The summed E-state index contributed by atoms with van der Waals surface area (Å²) in [6, 6.07) is 8.05. The van der Waals surface area contributed by atoms with Gasteiger partial charge in [0.05, 0.1) is 22.2 Å². The maximum absolute atomic E-state index is 13.5. The Hall–Kier alpha value is -2.91. The first-order chi connectivity index (χ1) is 14.5. The van der Waals surface area contributed by atoms with Crippen molar-refractivity contribution in [3.63, 3.8) is 0 Å². The smallest absolute Gasteiger partial charge is 0.219 e. The number of anilines is 2. The Labute approximate surface area is 179 Å². The number of rotatable bonds is 6. The van der Waals surface area contributed by atoms with E-state index in [1.807, 2.05) is 6.07 Å². The third-order valence-corrected chi connectivity index (χ3v) is 7.67. The van der Waals surface area contributed by atoms with Gasteiger partial charge in [0.1, 0.15) is 14.9 Å². The lowest BCUT2D eigenvalue weighted by Gasteiger charge is -2.09. The largest absolute Gasteiger partial charge is 0.396 e. The zero-order chi connectivity index (χ0) is 21.3. The number of pyridine rings is 1. The van der Waals surface area contributed by atoms with Gasteiger partial charge in [0.15, 0.2) is 0 Å². The molecule has 30 heavy (non-hydrogen) atoms. The third-order valence-electron chi connectivity index (χ3n) is 4.68. The number of nitrogens with zero attached hydrogens (tertiary/aromatic N) is 3. The lowest BCUT2D eigenvalue weighted by molar-refractivity contribution is 0.628. The van der Waals surface area contributed by atoms with E-state index in [9.17, 15) is 8.60 Å². The van der Waals surface area contributed by atoms with E-state index in [4.69, 9.17) is 16.5 Å². The van der Waals surface area contributed by atoms with Gasteiger partial charge in [-0.1, -0.05) is 25.5 Å². The van der Waals surface area contributed by atoms with Crippen molar-refractivity contribution < 1.29 is 8.60 Å². The summed E-state index contributed by atoms with van der Waals surface area (Å²) in [7, 11) is -1.20. The first-order valence-electron chi connectivity index (χ1n) is 9.43. The molecule has 0 aliphatic rings. The molecule has 0 fully saturated rings. The average Bonchev–Trinajstić information content (AvgIpc) is 3.09. The molecule has 1 unspecified atom stereocenters. The molecular weight excluding hydrogens is 421 g/mol. The lowest BCUT2D eigenvalue weighted by atomic mass is 10.0. The van der Waals surface area contributed by atoms with Crippen LogP contribution in [0.15, 0.2) is 46.9 Å². The molecule has 9 heteroatoms. The van der Waals surface area contributed by atoms with Crippen LogP contribution >= 0.6 is 11.3 Å². The van der Waals surface area contributed by atoms with Gasteiger partial charge in [-0.25, -0.2) is 19.3 Å². The van der Waals surface area contributed by atoms with Crippen molar-refractivity contribution in [2.75, 3.05) is 17.2 Å². The van der Waals surface area contributed by atoms with E-state index in [0.717, 1.165) is 29.4 Å². The predicted molar refractivity (Wildman–Crippen MR) is 121 cm³/mol. The van der Waals surface area contributed by atoms with Gasteiger partial charge in [0.25, 0.3) is 0 Å². The molecule has 0 aliphatic carbocycles. The molecule has 0 spiro atoms. The highest BCUT2D eigenvalue weighted by Crippen LogP contribution is 2.42. The normalized spacial score (nSPS) is 12.3. The molecule has 0 saturated heterocycles. The molecule has 1 atom stereocenters. The summed E-state index contributed by atoms with van der Waals surface area (Å²) in [5.74, 6) is 0.404. The summed E-state index contributed by atoms with van der Waals surface area (Å²) in [5, 5.41) is 0.728. The number of nitrogens with two attached hydrogens (primary N) is 2. The molecule has 0 aliphatic heterocycles. The number of aromatic nitrogens is 3. The van der Waals surface area contributed by atoms with Crippen LogP contribution in [0.1, 0.15) is 19.8 Å². The van der Waals surface area contributed by atoms with E-state index in [1.165, 1.54) is 23.5 Å². The summed E-state index contributed by atoms with van der Waals surface area (Å²) in [6.07, 6.45) is 5.01. The number of halogens is 1. The molecule has 3 aromatic heterocycles. The number of fused-ring (bicyclic) bond motifs is 1. The van der Waals surface area contributed by atoms with E-state index in [0.29, 0.717) is 31.7 Å². The fourth-order valence-corrected chi connectivity index (χ4v) is 5.91. The second kappa shape index (κ2) is 8.45. The van der Waals surface area contributed by atoms with E-state index >= 15 is 0 Å². The van der Waals surface area contributed by atoms with Gasteiger partial charge in [-0.05, 0) is 35.7 Å². The first kappa shape index (κ1) is 20.4. The molecule has 6 nitrogen and oxygen atoms in total. The topological polar surface area (TPSA) is 108 Å². The van der Waals surface area contributed by atoms with E-state index in [2.05, 4.69) is 16.9 Å². The van der Waals surface area contributed by atoms with Crippen LogP contribution in [0.25, 0.3) is 32.6 Å². The molecule has 154 valence electrons. The monoisotopic (exact) mass is 441 g/mol. The quantitative estimate of drug-likeness (QED) is 0.452. The molecule has 4 aromatic rings. The van der Waals surface area contributed by atoms with Crippen LogP contribution in [0.5, 0.6) is 0 Å². The van der Waals surface area contributed by atoms with Crippen LogP contribution in [0.2, 0.25) is 0 Å². The number of benzene rings is 1. The van der Waals surface area contributed by atoms with Crippen LogP contribution in [0.3, 0.4) is 0 Å². The van der Waals surface area contributed by atoms with E-state index in [1.54, 1.807) is 24.5 Å². The Morgan fingerprint density at radius 2 is 1.80 bits per heavy atom. The van der Waals surface area contributed by atoms with Crippen molar-refractivity contribution in [3.05, 3.63) is 48.5 Å². The minimum absolute atomic E-state index is 0.174. The van der Waals surface area contributed by atoms with Crippen molar-refractivity contribution in [1.82, 2.24) is 15.0 Å². The minimum atomic E-state index is -1.20. The molecular formula is C21H20FN5OS2. The number of thiophene rings is 1. The molecule has 4 N–H and O–H groups in total. The highest BCUT2D eigenvalue weighted by Gasteiger charge is 2.21. The highest BCUT2D eigenvalue weighted by molar-refractivity contribution is 7.87. The molecule has 0 amide bonds. The zero-order valence-corrected chi connectivity index (χ0v) is 17.9. The highest BCUT2D eigenvalue weighted by atomic mass is 32.2. The SMILES string of the molecule is CCCCS(=O)c1sc2nc(-c3cnc(N)nc3)cc(-c3ccc(F)cc3)c2c1N. The van der Waals surface area contributed by atoms with Crippen molar-refractivity contribution in [3.8, 4) is 22.4 Å². The summed E-state index contributed by atoms with van der Waals surface area (Å²) in [6.45, 7) is 2.06. The summed E-state index contributed by atoms with van der Waals surface area (Å²) in [5.41, 5.74) is 15.4. The standard InChI is InChI=1S/C21H20FN5OS2/c1-2-3-8-30(28)20-18(23)17-15(12-4-6-14(22)7-5-12)9-16(27-19(17)29-20)13-10-25-21(24)26-11-13/h4-7,9-11H,2-3,8,23H2,1H3,(H2,24,25,26). The Morgan fingerprint density at radius 3 is 2.47 bits per heavy atom. The van der Waals surface area contributed by atoms with Crippen LogP contribution in [0, 0.1) is 5.82 Å². The first-order valence-corrected chi connectivity index (χ1v) is 11.6. The van der Waals surface area contributed by atoms with Crippen LogP contribution in [-0.4, -0.2) is 24.9 Å². The maximum Gasteiger partial charge on any atom is 0.219 e. The third kappa shape index (κ3) is 3.90. The van der Waals surface area contributed by atoms with E-state index in [-0.39, 0.29) is 11.8 Å². The fourth-order valence-electron chi connectivity index (χ4n) is 3.11. The van der Waals surface area contributed by atoms with Crippen LogP contribution in [0.4, 0.5) is 16.0 Å². The predicted octanol–water partition coefficient (Wildman–Crippen LogP) is 4.63. The van der Waals surface area contributed by atoms with Crippen LogP contribution < -0.4 is 11.5 Å². The van der Waals surface area contributed by atoms with Crippen molar-refractivity contribution >= 4 is 44.0 Å². The molecule has 0 bridgehead atoms. The van der Waals surface area contributed by atoms with Crippen molar-refractivity contribution in [2.45, 2.75) is 24.0 Å². The Balaban J connectivity index is 1.94. The molecule has 1 aromatic carbocycles. The summed E-state index contributed by atoms with van der Waals surface area (Å²) < 4.78 is 26.9. The number of unbranched alkanes of at least 4 members (excludes halogenated alkanes) is 1. The van der Waals surface area contributed by atoms with E-state index < -0.39 is 10.8 Å². The Kier molecular flexibility index (Phi) is 5.74. The summed E-state index contributed by atoms with van der Waals surface area (Å²) in [4.78, 5) is 13.5. The maximum atomic E-state index is 13.5. The number of hydrogen-bond donors (Lipinski definition) is 2. The second-order valence-corrected chi connectivity index (χ2v) is 9.54. The van der Waals surface area contributed by atoms with Gasteiger partial charge in [0, 0.05) is 29.1 Å². The molecule has 0 saturated carbocycles. The Morgan fingerprint density at radius 1 is 1.10 bits per heavy atom. The average molecular weight is 442 g/mol. The molecule has 3 heterocycles. The number of nitrogen functional groups attached to an aromatic ring is 2. The van der Waals surface area contributed by atoms with Crippen molar-refractivity contribution in [1.29, 1.82) is 0 Å². The van der Waals surface area contributed by atoms with Crippen molar-refractivity contribution in [2.24, 2.45) is 0 Å². The van der Waals surface area contributed by atoms with Gasteiger partial charge >= 0.3 is 0 Å². The Bertz CT molecular complexity index is 1220. The number of hydrogen-bond acceptors (Lipinski definition) is 7. The zero-order valence-electron chi connectivity index (χ0n) is 16.3. The lowest BCUT2D eigenvalue weighted by Crippen LogP contribution is -1.99. The van der Waals surface area contributed by atoms with Gasteiger partial charge in [-0.2, -0.15) is 0 Å². The molecule has 0 radical (unpaired) electrons. The second-order valence-electron chi connectivity index (χ2n) is 6.78. The van der Waals surface area contributed by atoms with Crippen LogP contribution in [-0.2, 0) is 10.8 Å². The van der Waals surface area contributed by atoms with Gasteiger partial charge in [-0.15, -0.1) is 11.3 Å². The van der Waals surface area contributed by atoms with Gasteiger partial charge in [0.2, 0.25) is 5.95 Å². The fraction of sp³-hybridized carbons (Fsp3) is 0.190. The molecule has 4 rings (SSSR count). The van der Waals surface area contributed by atoms with Gasteiger partial charge < -0.3 is 11.5 Å². The minimum Gasteiger partial charge on any atom is -0.396 e. The van der Waals surface area contributed by atoms with Gasteiger partial charge in [-0.3, -0.25) is 4.21 Å². The summed E-state index contributed by atoms with van der Waals surface area (Å²) >= 11 is 1.33.